The molecule has 4 aliphatic rings. The van der Waals surface area contributed by atoms with Crippen molar-refractivity contribution in [3.8, 4) is 11.5 Å². The van der Waals surface area contributed by atoms with Crippen LogP contribution in [0.2, 0.25) is 0 Å². The third-order valence-corrected chi connectivity index (χ3v) is 9.23. The highest BCUT2D eigenvalue weighted by Crippen LogP contribution is 2.53. The van der Waals surface area contributed by atoms with Crippen molar-refractivity contribution in [2.75, 3.05) is 24.5 Å². The molecule has 2 heterocycles. The Morgan fingerprint density at radius 2 is 1.57 bits per heavy atom. The van der Waals surface area contributed by atoms with E-state index in [-0.39, 0.29) is 60.2 Å². The third kappa shape index (κ3) is 5.38. The number of aromatic nitrogens is 1. The second kappa shape index (κ2) is 11.1. The van der Waals surface area contributed by atoms with Crippen molar-refractivity contribution < 1.29 is 40.7 Å². The Kier molecular flexibility index (Phi) is 7.77. The first-order valence-corrected chi connectivity index (χ1v) is 14.5. The summed E-state index contributed by atoms with van der Waals surface area (Å²) in [6.45, 7) is 1.95. The molecular formula is C31H30ClF6N3O3. The van der Waals surface area contributed by atoms with E-state index < -0.39 is 51.8 Å². The maximum absolute atomic E-state index is 15.1. The standard InChI is InChI=1S/C31H29F6N3O3.ClH/c32-20-11-23(33)27(24(34)12-20)30(42)26-22(31(35,36)37)9-19(28-38-5-6-43-28)10-25(26)40(29(30)41)15-18-7-21(8-18)39(13-16-1-2-16)14-17-3-4-17;/h5-6,9-12,16-18,21,42H,1-4,7-8,13-15H2;1H. The lowest BCUT2D eigenvalue weighted by Gasteiger charge is -2.44. The van der Waals surface area contributed by atoms with E-state index >= 15 is 8.78 Å². The molecule has 1 N–H and O–H groups in total. The zero-order valence-corrected chi connectivity index (χ0v) is 24.2. The summed E-state index contributed by atoms with van der Waals surface area (Å²) in [6.07, 6.45) is 3.48. The molecule has 0 spiro atoms. The van der Waals surface area contributed by atoms with E-state index in [9.17, 15) is 27.5 Å². The van der Waals surface area contributed by atoms with Crippen LogP contribution >= 0.6 is 12.4 Å². The first-order chi connectivity index (χ1) is 20.4. The molecule has 7 rings (SSSR count). The number of nitrogens with zero attached hydrogens (tertiary/aromatic N) is 3. The number of carbonyl (C=O) groups excluding carboxylic acids is 1. The normalized spacial score (nSPS) is 24.8. The SMILES string of the molecule is Cl.O=C1N(CC2CC(N(CC3CC3)CC3CC3)C2)c2cc(-c3ncco3)cc(C(F)(F)F)c2C1(O)c1c(F)cc(F)cc1F. The van der Waals surface area contributed by atoms with E-state index in [0.29, 0.717) is 30.7 Å². The van der Waals surface area contributed by atoms with Crippen molar-refractivity contribution in [2.45, 2.75) is 56.3 Å². The molecule has 1 amide bonds. The van der Waals surface area contributed by atoms with Crippen LogP contribution in [0.3, 0.4) is 0 Å². The molecule has 236 valence electrons. The average Bonchev–Trinajstić information content (AvgIpc) is 3.83. The quantitative estimate of drug-likeness (QED) is 0.264. The molecule has 13 heteroatoms. The van der Waals surface area contributed by atoms with Crippen LogP contribution in [-0.2, 0) is 16.6 Å². The van der Waals surface area contributed by atoms with Gasteiger partial charge in [-0.15, -0.1) is 12.4 Å². The average molecular weight is 642 g/mol. The van der Waals surface area contributed by atoms with E-state index in [4.69, 9.17) is 4.42 Å². The number of hydrogen-bond donors (Lipinski definition) is 1. The van der Waals surface area contributed by atoms with Crippen LogP contribution in [0.15, 0.2) is 41.1 Å². The first kappa shape index (κ1) is 30.9. The summed E-state index contributed by atoms with van der Waals surface area (Å²) in [4.78, 5) is 21.4. The summed E-state index contributed by atoms with van der Waals surface area (Å²) in [5.74, 6) is -4.94. The molecule has 0 saturated heterocycles. The number of anilines is 1. The summed E-state index contributed by atoms with van der Waals surface area (Å²) >= 11 is 0. The van der Waals surface area contributed by atoms with Crippen molar-refractivity contribution in [1.29, 1.82) is 0 Å². The maximum Gasteiger partial charge on any atom is 0.416 e. The lowest BCUT2D eigenvalue weighted by Crippen LogP contribution is -2.51. The Balaban J connectivity index is 0.00000343. The largest absolute Gasteiger partial charge is 0.445 e. The molecule has 3 fully saturated rings. The lowest BCUT2D eigenvalue weighted by molar-refractivity contribution is -0.142. The zero-order chi connectivity index (χ0) is 30.3. The van der Waals surface area contributed by atoms with E-state index in [1.54, 1.807) is 0 Å². The third-order valence-electron chi connectivity index (χ3n) is 9.23. The fourth-order valence-electron chi connectivity index (χ4n) is 6.69. The molecule has 1 unspecified atom stereocenters. The molecule has 1 aliphatic heterocycles. The fourth-order valence-corrected chi connectivity index (χ4v) is 6.69. The Labute approximate surface area is 255 Å². The fraction of sp³-hybridized carbons (Fsp3) is 0.484. The van der Waals surface area contributed by atoms with Crippen molar-refractivity contribution in [2.24, 2.45) is 17.8 Å². The van der Waals surface area contributed by atoms with Crippen LogP contribution in [0.5, 0.6) is 0 Å². The maximum atomic E-state index is 15.1. The van der Waals surface area contributed by atoms with Gasteiger partial charge in [-0.2, -0.15) is 13.2 Å². The van der Waals surface area contributed by atoms with Crippen LogP contribution in [0, 0.1) is 35.2 Å². The Bertz CT molecular complexity index is 1530. The minimum Gasteiger partial charge on any atom is -0.445 e. The molecular weight excluding hydrogens is 612 g/mol. The summed E-state index contributed by atoms with van der Waals surface area (Å²) in [5.41, 5.74) is -7.73. The monoisotopic (exact) mass is 641 g/mol. The molecule has 1 atom stereocenters. The van der Waals surface area contributed by atoms with Gasteiger partial charge in [-0.1, -0.05) is 0 Å². The number of hydrogen-bond acceptors (Lipinski definition) is 5. The number of aliphatic hydroxyl groups is 1. The Hall–Kier alpha value is -3.09. The van der Waals surface area contributed by atoms with E-state index in [1.807, 2.05) is 0 Å². The van der Waals surface area contributed by atoms with Gasteiger partial charge >= 0.3 is 6.18 Å². The highest BCUT2D eigenvalue weighted by molar-refractivity contribution is 6.10. The number of rotatable bonds is 9. The van der Waals surface area contributed by atoms with Gasteiger partial charge < -0.3 is 14.4 Å². The van der Waals surface area contributed by atoms with Gasteiger partial charge in [0.1, 0.15) is 23.7 Å². The number of benzene rings is 2. The molecule has 3 aliphatic carbocycles. The summed E-state index contributed by atoms with van der Waals surface area (Å²) < 4.78 is 93.0. The second-order valence-electron chi connectivity index (χ2n) is 12.5. The molecule has 3 aromatic rings. The van der Waals surface area contributed by atoms with Gasteiger partial charge in [0.15, 0.2) is 0 Å². The first-order valence-electron chi connectivity index (χ1n) is 14.5. The van der Waals surface area contributed by atoms with Crippen molar-refractivity contribution >= 4 is 24.0 Å². The van der Waals surface area contributed by atoms with Crippen LogP contribution in [0.4, 0.5) is 32.0 Å². The van der Waals surface area contributed by atoms with Gasteiger partial charge in [-0.05, 0) is 68.4 Å². The number of carbonyl (C=O) groups is 1. The Morgan fingerprint density at radius 3 is 2.09 bits per heavy atom. The number of fused-ring (bicyclic) bond motifs is 1. The summed E-state index contributed by atoms with van der Waals surface area (Å²) in [5, 5.41) is 11.8. The smallest absolute Gasteiger partial charge is 0.416 e. The van der Waals surface area contributed by atoms with Gasteiger partial charge in [0.25, 0.3) is 5.91 Å². The van der Waals surface area contributed by atoms with Gasteiger partial charge in [0, 0.05) is 48.9 Å². The van der Waals surface area contributed by atoms with Gasteiger partial charge in [0.2, 0.25) is 11.5 Å². The molecule has 0 bridgehead atoms. The van der Waals surface area contributed by atoms with E-state index in [0.717, 1.165) is 18.0 Å². The van der Waals surface area contributed by atoms with Crippen LogP contribution in [0.25, 0.3) is 11.5 Å². The van der Waals surface area contributed by atoms with Crippen LogP contribution in [-0.4, -0.2) is 46.6 Å². The van der Waals surface area contributed by atoms with E-state index in [1.165, 1.54) is 44.2 Å². The van der Waals surface area contributed by atoms with E-state index in [2.05, 4.69) is 9.88 Å². The minimum absolute atomic E-state index is 0. The minimum atomic E-state index is -5.16. The summed E-state index contributed by atoms with van der Waals surface area (Å²) in [6, 6.07) is 2.56. The second-order valence-corrected chi connectivity index (χ2v) is 12.5. The van der Waals surface area contributed by atoms with Gasteiger partial charge in [0.05, 0.1) is 23.0 Å². The lowest BCUT2D eigenvalue weighted by atomic mass is 9.78. The molecule has 2 aromatic carbocycles. The molecule has 3 saturated carbocycles. The number of alkyl halides is 3. The molecule has 44 heavy (non-hydrogen) atoms. The number of oxazole rings is 1. The highest BCUT2D eigenvalue weighted by atomic mass is 35.5. The van der Waals surface area contributed by atoms with Crippen LogP contribution < -0.4 is 4.90 Å². The van der Waals surface area contributed by atoms with Gasteiger partial charge in [-0.3, -0.25) is 9.69 Å². The predicted molar refractivity (Wildman–Crippen MR) is 149 cm³/mol. The summed E-state index contributed by atoms with van der Waals surface area (Å²) in [7, 11) is 0. The number of amides is 1. The van der Waals surface area contributed by atoms with Crippen molar-refractivity contribution in [3.63, 3.8) is 0 Å². The molecule has 6 nitrogen and oxygen atoms in total. The van der Waals surface area contributed by atoms with Crippen molar-refractivity contribution in [1.82, 2.24) is 9.88 Å². The van der Waals surface area contributed by atoms with Gasteiger partial charge in [-0.25, -0.2) is 18.2 Å². The van der Waals surface area contributed by atoms with Crippen LogP contribution in [0.1, 0.15) is 55.2 Å². The molecule has 0 radical (unpaired) electrons. The zero-order valence-electron chi connectivity index (χ0n) is 23.4. The molecule has 1 aromatic heterocycles. The Morgan fingerprint density at radius 1 is 0.955 bits per heavy atom. The predicted octanol–water partition coefficient (Wildman–Crippen LogP) is 6.68. The topological polar surface area (TPSA) is 69.8 Å². The highest BCUT2D eigenvalue weighted by Gasteiger charge is 2.58. The van der Waals surface area contributed by atoms with Crippen molar-refractivity contribution in [3.05, 3.63) is 70.9 Å². The number of halogens is 7.